The van der Waals surface area contributed by atoms with Crippen molar-refractivity contribution in [3.05, 3.63) is 52.5 Å². The summed E-state index contributed by atoms with van der Waals surface area (Å²) in [5, 5.41) is 3.32. The third kappa shape index (κ3) is 2.58. The Hall–Kier alpha value is -1.42. The van der Waals surface area contributed by atoms with Crippen LogP contribution in [-0.2, 0) is 6.54 Å². The van der Waals surface area contributed by atoms with Crippen molar-refractivity contribution in [3.8, 4) is 0 Å². The fraction of sp³-hybridized carbons (Fsp3) is 0.167. The molecule has 0 spiro atoms. The number of pyridine rings is 2. The molecule has 82 valence electrons. The lowest BCUT2D eigenvalue weighted by molar-refractivity contribution is 1.01. The van der Waals surface area contributed by atoms with Gasteiger partial charge in [-0.25, -0.2) is 0 Å². The lowest BCUT2D eigenvalue weighted by Gasteiger charge is -2.08. The molecule has 2 aromatic rings. The first-order valence-electron chi connectivity index (χ1n) is 5.01. The third-order valence-corrected chi connectivity index (χ3v) is 2.97. The van der Waals surface area contributed by atoms with Gasteiger partial charge in [-0.05, 0) is 40.5 Å². The molecule has 0 aromatic carbocycles. The second kappa shape index (κ2) is 5.07. The lowest BCUT2D eigenvalue weighted by atomic mass is 10.2. The molecule has 0 amide bonds. The van der Waals surface area contributed by atoms with Gasteiger partial charge < -0.3 is 5.32 Å². The third-order valence-electron chi connectivity index (χ3n) is 2.34. The van der Waals surface area contributed by atoms with Crippen LogP contribution < -0.4 is 5.32 Å². The summed E-state index contributed by atoms with van der Waals surface area (Å²) in [6.07, 6.45) is 5.34. The van der Waals surface area contributed by atoms with E-state index in [1.165, 1.54) is 5.56 Å². The van der Waals surface area contributed by atoms with Crippen LogP contribution in [0.3, 0.4) is 0 Å². The minimum atomic E-state index is 0.718. The van der Waals surface area contributed by atoms with Crippen LogP contribution in [0.4, 0.5) is 5.69 Å². The van der Waals surface area contributed by atoms with Crippen LogP contribution in [-0.4, -0.2) is 9.97 Å². The van der Waals surface area contributed by atoms with Crippen LogP contribution in [0.15, 0.2) is 41.3 Å². The number of nitrogens with one attached hydrogen (secondary N) is 1. The van der Waals surface area contributed by atoms with Crippen molar-refractivity contribution in [2.75, 3.05) is 5.32 Å². The van der Waals surface area contributed by atoms with Gasteiger partial charge >= 0.3 is 0 Å². The van der Waals surface area contributed by atoms with Gasteiger partial charge in [-0.2, -0.15) is 0 Å². The molecule has 3 nitrogen and oxygen atoms in total. The van der Waals surface area contributed by atoms with Gasteiger partial charge in [-0.15, -0.1) is 0 Å². The molecule has 0 saturated heterocycles. The van der Waals surface area contributed by atoms with E-state index in [1.807, 2.05) is 18.3 Å². The molecule has 0 bridgehead atoms. The smallest absolute Gasteiger partial charge is 0.0623 e. The van der Waals surface area contributed by atoms with Crippen LogP contribution >= 0.6 is 15.9 Å². The number of anilines is 1. The number of aromatic nitrogens is 2. The van der Waals surface area contributed by atoms with E-state index in [-0.39, 0.29) is 0 Å². The van der Waals surface area contributed by atoms with Crippen molar-refractivity contribution < 1.29 is 0 Å². The van der Waals surface area contributed by atoms with Gasteiger partial charge in [0.05, 0.1) is 22.4 Å². The molecule has 0 atom stereocenters. The highest BCUT2D eigenvalue weighted by Gasteiger charge is 2.01. The Morgan fingerprint density at radius 2 is 2.19 bits per heavy atom. The average molecular weight is 278 g/mol. The molecule has 2 heterocycles. The van der Waals surface area contributed by atoms with Gasteiger partial charge in [0, 0.05) is 18.6 Å². The second-order valence-corrected chi connectivity index (χ2v) is 4.33. The SMILES string of the molecule is Cc1cccnc1CNc1ccncc1Br. The summed E-state index contributed by atoms with van der Waals surface area (Å²) in [6.45, 7) is 2.78. The molecule has 0 aliphatic heterocycles. The zero-order valence-electron chi connectivity index (χ0n) is 8.94. The largest absolute Gasteiger partial charge is 0.378 e. The number of hydrogen-bond acceptors (Lipinski definition) is 3. The molecule has 1 N–H and O–H groups in total. The Morgan fingerprint density at radius 3 is 2.94 bits per heavy atom. The first kappa shape index (κ1) is 11.1. The van der Waals surface area contributed by atoms with E-state index in [9.17, 15) is 0 Å². The van der Waals surface area contributed by atoms with E-state index in [0.29, 0.717) is 0 Å². The molecule has 0 aliphatic carbocycles. The van der Waals surface area contributed by atoms with Crippen molar-refractivity contribution in [3.63, 3.8) is 0 Å². The standard InChI is InChI=1S/C12H12BrN3/c1-9-3-2-5-15-12(9)8-16-11-4-6-14-7-10(11)13/h2-7H,8H2,1H3,(H,14,16). The van der Waals surface area contributed by atoms with Crippen molar-refractivity contribution in [1.82, 2.24) is 9.97 Å². The van der Waals surface area contributed by atoms with Crippen molar-refractivity contribution in [1.29, 1.82) is 0 Å². The van der Waals surface area contributed by atoms with E-state index in [1.54, 1.807) is 12.4 Å². The van der Waals surface area contributed by atoms with Crippen molar-refractivity contribution >= 4 is 21.6 Å². The second-order valence-electron chi connectivity index (χ2n) is 3.48. The maximum absolute atomic E-state index is 4.33. The highest BCUT2D eigenvalue weighted by molar-refractivity contribution is 9.10. The molecule has 2 aromatic heterocycles. The summed E-state index contributed by atoms with van der Waals surface area (Å²) >= 11 is 3.44. The minimum absolute atomic E-state index is 0.718. The highest BCUT2D eigenvalue weighted by atomic mass is 79.9. The van der Waals surface area contributed by atoms with Crippen LogP contribution in [0.2, 0.25) is 0 Å². The van der Waals surface area contributed by atoms with Crippen LogP contribution in [0.5, 0.6) is 0 Å². The lowest BCUT2D eigenvalue weighted by Crippen LogP contribution is -2.03. The maximum Gasteiger partial charge on any atom is 0.0623 e. The number of aryl methyl sites for hydroxylation is 1. The van der Waals surface area contributed by atoms with E-state index < -0.39 is 0 Å². The Bertz CT molecular complexity index is 440. The van der Waals surface area contributed by atoms with Crippen molar-refractivity contribution in [2.45, 2.75) is 13.5 Å². The number of hydrogen-bond donors (Lipinski definition) is 1. The van der Waals surface area contributed by atoms with Crippen LogP contribution in [0.1, 0.15) is 11.3 Å². The quantitative estimate of drug-likeness (QED) is 0.937. The molecule has 16 heavy (non-hydrogen) atoms. The predicted molar refractivity (Wildman–Crippen MR) is 68.2 cm³/mol. The van der Waals surface area contributed by atoms with Gasteiger partial charge in [0.15, 0.2) is 0 Å². The van der Waals surface area contributed by atoms with Gasteiger partial charge in [-0.3, -0.25) is 9.97 Å². The molecule has 0 unspecified atom stereocenters. The zero-order valence-corrected chi connectivity index (χ0v) is 10.5. The summed E-state index contributed by atoms with van der Waals surface area (Å²) in [7, 11) is 0. The normalized spacial score (nSPS) is 10.1. The summed E-state index contributed by atoms with van der Waals surface area (Å²) in [5.74, 6) is 0. The first-order valence-corrected chi connectivity index (χ1v) is 5.80. The molecule has 0 saturated carbocycles. The Balaban J connectivity index is 2.09. The molecule has 4 heteroatoms. The topological polar surface area (TPSA) is 37.8 Å². The predicted octanol–water partition coefficient (Wildman–Crippen LogP) is 3.16. The molecular formula is C12H12BrN3. The number of nitrogens with zero attached hydrogens (tertiary/aromatic N) is 2. The summed E-state index contributed by atoms with van der Waals surface area (Å²) in [5.41, 5.74) is 3.28. The van der Waals surface area contributed by atoms with E-state index in [2.05, 4.69) is 44.2 Å². The van der Waals surface area contributed by atoms with Crippen LogP contribution in [0.25, 0.3) is 0 Å². The summed E-state index contributed by atoms with van der Waals surface area (Å²) in [4.78, 5) is 8.34. The van der Waals surface area contributed by atoms with E-state index >= 15 is 0 Å². The minimum Gasteiger partial charge on any atom is -0.378 e. The average Bonchev–Trinajstić information content (AvgIpc) is 2.30. The Labute approximate surface area is 103 Å². The van der Waals surface area contributed by atoms with E-state index in [0.717, 1.165) is 22.4 Å². The van der Waals surface area contributed by atoms with Crippen molar-refractivity contribution in [2.24, 2.45) is 0 Å². The molecule has 0 fully saturated rings. The zero-order chi connectivity index (χ0) is 11.4. The summed E-state index contributed by atoms with van der Waals surface area (Å²) in [6, 6.07) is 5.94. The van der Waals surface area contributed by atoms with Gasteiger partial charge in [-0.1, -0.05) is 6.07 Å². The number of rotatable bonds is 3. The van der Waals surface area contributed by atoms with Gasteiger partial charge in [0.25, 0.3) is 0 Å². The van der Waals surface area contributed by atoms with Crippen LogP contribution in [0, 0.1) is 6.92 Å². The molecule has 2 rings (SSSR count). The van der Waals surface area contributed by atoms with Gasteiger partial charge in [0.2, 0.25) is 0 Å². The highest BCUT2D eigenvalue weighted by Crippen LogP contribution is 2.20. The van der Waals surface area contributed by atoms with E-state index in [4.69, 9.17) is 0 Å². The maximum atomic E-state index is 4.33. The Morgan fingerprint density at radius 1 is 1.31 bits per heavy atom. The Kier molecular flexibility index (Phi) is 3.51. The molecule has 0 aliphatic rings. The summed E-state index contributed by atoms with van der Waals surface area (Å²) < 4.78 is 0.962. The fourth-order valence-corrected chi connectivity index (χ4v) is 1.79. The number of halogens is 1. The molecule has 0 radical (unpaired) electrons. The first-order chi connectivity index (χ1) is 7.77. The fourth-order valence-electron chi connectivity index (χ4n) is 1.40. The monoisotopic (exact) mass is 277 g/mol. The van der Waals surface area contributed by atoms with Gasteiger partial charge in [0.1, 0.15) is 0 Å². The molecular weight excluding hydrogens is 266 g/mol.